The van der Waals surface area contributed by atoms with Crippen LogP contribution in [0, 0.1) is 0 Å². The first-order valence-electron chi connectivity index (χ1n) is 4.81. The van der Waals surface area contributed by atoms with Gasteiger partial charge in [0.15, 0.2) is 0 Å². The molecule has 2 heterocycles. The van der Waals surface area contributed by atoms with Gasteiger partial charge in [-0.1, -0.05) is 0 Å². The Kier molecular flexibility index (Phi) is 3.73. The number of nitrogens with zero attached hydrogens (tertiary/aromatic N) is 1. The molecular weight excluding hydrogens is 320 g/mol. The normalized spacial score (nSPS) is 10.1. The number of amides is 1. The third-order valence-corrected chi connectivity index (χ3v) is 3.91. The second kappa shape index (κ2) is 5.28. The fraction of sp³-hybridized carbons (Fsp3) is 0. The average Bonchev–Trinajstić information content (AvgIpc) is 2.76. The third kappa shape index (κ3) is 2.74. The number of rotatable bonds is 3. The number of nitrogens with one attached hydrogen (secondary N) is 1. The fourth-order valence-corrected chi connectivity index (χ4v) is 2.71. The van der Waals surface area contributed by atoms with Gasteiger partial charge in [-0.2, -0.15) is 0 Å². The highest BCUT2D eigenvalue weighted by Gasteiger charge is 2.13. The minimum Gasteiger partial charge on any atom is -0.478 e. The van der Waals surface area contributed by atoms with Gasteiger partial charge in [0.05, 0.1) is 5.56 Å². The van der Waals surface area contributed by atoms with Crippen molar-refractivity contribution in [1.82, 2.24) is 4.98 Å². The Balaban J connectivity index is 2.20. The van der Waals surface area contributed by atoms with E-state index in [9.17, 15) is 9.59 Å². The number of thiophene rings is 1. The predicted molar refractivity (Wildman–Crippen MR) is 71.2 cm³/mol. The summed E-state index contributed by atoms with van der Waals surface area (Å²) in [6.07, 6.45) is 1.34. The highest BCUT2D eigenvalue weighted by molar-refractivity contribution is 9.10. The van der Waals surface area contributed by atoms with Crippen LogP contribution in [0.2, 0.25) is 0 Å². The van der Waals surface area contributed by atoms with E-state index in [4.69, 9.17) is 5.11 Å². The maximum atomic E-state index is 11.9. The number of carbonyl (C=O) groups is 2. The van der Waals surface area contributed by atoms with E-state index in [2.05, 4.69) is 26.2 Å². The van der Waals surface area contributed by atoms with Gasteiger partial charge in [0.25, 0.3) is 5.91 Å². The summed E-state index contributed by atoms with van der Waals surface area (Å²) >= 11 is 4.54. The van der Waals surface area contributed by atoms with Crippen LogP contribution in [0.4, 0.5) is 5.82 Å². The van der Waals surface area contributed by atoms with E-state index in [-0.39, 0.29) is 17.3 Å². The minimum atomic E-state index is -1.06. The number of carboxylic acids is 1. The molecule has 2 N–H and O–H groups in total. The third-order valence-electron chi connectivity index (χ3n) is 2.07. The topological polar surface area (TPSA) is 79.3 Å². The van der Waals surface area contributed by atoms with Crippen molar-refractivity contribution in [3.8, 4) is 0 Å². The first kappa shape index (κ1) is 12.7. The van der Waals surface area contributed by atoms with E-state index in [0.717, 1.165) is 0 Å². The smallest absolute Gasteiger partial charge is 0.335 e. The van der Waals surface area contributed by atoms with E-state index in [1.54, 1.807) is 11.4 Å². The number of hydrogen-bond donors (Lipinski definition) is 2. The number of carboxylic acid groups (broad SMARTS) is 1. The summed E-state index contributed by atoms with van der Waals surface area (Å²) in [7, 11) is 0. The van der Waals surface area contributed by atoms with E-state index in [0.29, 0.717) is 9.35 Å². The van der Waals surface area contributed by atoms with Crippen LogP contribution in [0.15, 0.2) is 34.2 Å². The van der Waals surface area contributed by atoms with Crippen LogP contribution in [0.25, 0.3) is 0 Å². The molecule has 18 heavy (non-hydrogen) atoms. The van der Waals surface area contributed by atoms with Crippen molar-refractivity contribution in [2.24, 2.45) is 0 Å². The standard InChI is InChI=1S/C11H7BrN2O3S/c12-7-2-4-18-9(7)10(15)14-8-5-6(11(16)17)1-3-13-8/h1-5H,(H,16,17)(H,13,14,15). The predicted octanol–water partition coefficient (Wildman–Crippen LogP) is 2.86. The lowest BCUT2D eigenvalue weighted by Crippen LogP contribution is -2.12. The zero-order valence-electron chi connectivity index (χ0n) is 8.88. The molecule has 2 rings (SSSR count). The lowest BCUT2D eigenvalue weighted by Gasteiger charge is -2.03. The van der Waals surface area contributed by atoms with Crippen molar-refractivity contribution in [2.75, 3.05) is 5.32 Å². The molecule has 0 atom stereocenters. The lowest BCUT2D eigenvalue weighted by molar-refractivity contribution is 0.0696. The van der Waals surface area contributed by atoms with Gasteiger partial charge in [-0.3, -0.25) is 4.79 Å². The van der Waals surface area contributed by atoms with Crippen molar-refractivity contribution in [1.29, 1.82) is 0 Å². The summed E-state index contributed by atoms with van der Waals surface area (Å²) in [5, 5.41) is 13.2. The number of carbonyl (C=O) groups excluding carboxylic acids is 1. The van der Waals surface area contributed by atoms with Crippen LogP contribution in [0.1, 0.15) is 20.0 Å². The van der Waals surface area contributed by atoms with Gasteiger partial charge >= 0.3 is 5.97 Å². The van der Waals surface area contributed by atoms with E-state index in [1.165, 1.54) is 29.7 Å². The molecule has 7 heteroatoms. The van der Waals surface area contributed by atoms with Crippen LogP contribution >= 0.6 is 27.3 Å². The fourth-order valence-electron chi connectivity index (χ4n) is 1.26. The van der Waals surface area contributed by atoms with Crippen molar-refractivity contribution in [3.63, 3.8) is 0 Å². The Morgan fingerprint density at radius 2 is 2.17 bits per heavy atom. The molecule has 2 aromatic rings. The zero-order valence-corrected chi connectivity index (χ0v) is 11.3. The Morgan fingerprint density at radius 1 is 1.39 bits per heavy atom. The number of aromatic nitrogens is 1. The van der Waals surface area contributed by atoms with Gasteiger partial charge in [-0.05, 0) is 39.5 Å². The van der Waals surface area contributed by atoms with Crippen molar-refractivity contribution >= 4 is 45.0 Å². The van der Waals surface area contributed by atoms with Crippen molar-refractivity contribution in [3.05, 3.63) is 44.7 Å². The Labute approximate surface area is 115 Å². The molecule has 0 unspecified atom stereocenters. The van der Waals surface area contributed by atoms with Gasteiger partial charge in [0, 0.05) is 10.7 Å². The number of anilines is 1. The zero-order chi connectivity index (χ0) is 13.1. The summed E-state index contributed by atoms with van der Waals surface area (Å²) in [5.74, 6) is -1.18. The van der Waals surface area contributed by atoms with Crippen LogP contribution in [0.5, 0.6) is 0 Å². The Hall–Kier alpha value is -1.73. The van der Waals surface area contributed by atoms with Gasteiger partial charge in [0.1, 0.15) is 10.7 Å². The molecule has 0 aliphatic rings. The summed E-state index contributed by atoms with van der Waals surface area (Å²) in [5.41, 5.74) is 0.0746. The van der Waals surface area contributed by atoms with Gasteiger partial charge in [0.2, 0.25) is 0 Å². The molecule has 1 amide bonds. The monoisotopic (exact) mass is 326 g/mol. The summed E-state index contributed by atoms with van der Waals surface area (Å²) in [4.78, 5) is 27.0. The van der Waals surface area contributed by atoms with Crippen LogP contribution < -0.4 is 5.32 Å². The molecule has 0 saturated heterocycles. The number of hydrogen-bond acceptors (Lipinski definition) is 4. The molecular formula is C11H7BrN2O3S. The number of halogens is 1. The Bertz CT molecular complexity index is 612. The first-order chi connectivity index (χ1) is 8.58. The second-order valence-corrected chi connectivity index (χ2v) is 5.06. The first-order valence-corrected chi connectivity index (χ1v) is 6.49. The maximum Gasteiger partial charge on any atom is 0.335 e. The quantitative estimate of drug-likeness (QED) is 0.908. The largest absolute Gasteiger partial charge is 0.478 e. The van der Waals surface area contributed by atoms with Crippen molar-refractivity contribution in [2.45, 2.75) is 0 Å². The maximum absolute atomic E-state index is 11.9. The highest BCUT2D eigenvalue weighted by Crippen LogP contribution is 2.23. The molecule has 92 valence electrons. The molecule has 0 radical (unpaired) electrons. The number of aromatic carboxylic acids is 1. The van der Waals surface area contributed by atoms with Crippen LogP contribution in [0.3, 0.4) is 0 Å². The van der Waals surface area contributed by atoms with E-state index < -0.39 is 5.97 Å². The van der Waals surface area contributed by atoms with Gasteiger partial charge in [-0.15, -0.1) is 11.3 Å². The van der Waals surface area contributed by atoms with Gasteiger partial charge in [-0.25, -0.2) is 9.78 Å². The Morgan fingerprint density at radius 3 is 2.78 bits per heavy atom. The molecule has 0 aromatic carbocycles. The minimum absolute atomic E-state index is 0.0746. The molecule has 2 aromatic heterocycles. The average molecular weight is 327 g/mol. The van der Waals surface area contributed by atoms with E-state index in [1.807, 2.05) is 0 Å². The summed E-state index contributed by atoms with van der Waals surface area (Å²) in [6, 6.07) is 4.43. The van der Waals surface area contributed by atoms with Crippen LogP contribution in [-0.2, 0) is 0 Å². The summed E-state index contributed by atoms with van der Waals surface area (Å²) < 4.78 is 0.694. The second-order valence-electron chi connectivity index (χ2n) is 3.29. The molecule has 0 spiro atoms. The van der Waals surface area contributed by atoms with Crippen LogP contribution in [-0.4, -0.2) is 22.0 Å². The highest BCUT2D eigenvalue weighted by atomic mass is 79.9. The van der Waals surface area contributed by atoms with Crippen molar-refractivity contribution < 1.29 is 14.7 Å². The molecule has 0 bridgehead atoms. The summed E-state index contributed by atoms with van der Waals surface area (Å²) in [6.45, 7) is 0. The molecule has 0 saturated carbocycles. The van der Waals surface area contributed by atoms with E-state index >= 15 is 0 Å². The SMILES string of the molecule is O=C(O)c1ccnc(NC(=O)c2sccc2Br)c1. The molecule has 0 fully saturated rings. The molecule has 0 aliphatic carbocycles. The lowest BCUT2D eigenvalue weighted by atomic mass is 10.2. The molecule has 0 aliphatic heterocycles. The molecule has 5 nitrogen and oxygen atoms in total. The van der Waals surface area contributed by atoms with Gasteiger partial charge < -0.3 is 10.4 Å². The number of pyridine rings is 1.